The zero-order chi connectivity index (χ0) is 16.4. The molecular weight excluding hydrogens is 298 g/mol. The summed E-state index contributed by atoms with van der Waals surface area (Å²) in [5, 5.41) is 11.7. The van der Waals surface area contributed by atoms with Gasteiger partial charge in [-0.2, -0.15) is 0 Å². The maximum Gasteiger partial charge on any atom is 0.321 e. The van der Waals surface area contributed by atoms with E-state index in [0.717, 1.165) is 17.7 Å². The molecule has 23 heavy (non-hydrogen) atoms. The predicted molar refractivity (Wildman–Crippen MR) is 83.2 cm³/mol. The van der Waals surface area contributed by atoms with Crippen molar-refractivity contribution < 1.29 is 19.5 Å². The van der Waals surface area contributed by atoms with Crippen molar-refractivity contribution in [2.45, 2.75) is 12.8 Å². The van der Waals surface area contributed by atoms with E-state index in [9.17, 15) is 14.4 Å². The zero-order valence-electron chi connectivity index (χ0n) is 12.7. The number of benzene rings is 1. The predicted octanol–water partition coefficient (Wildman–Crippen LogP) is 0.692. The van der Waals surface area contributed by atoms with Gasteiger partial charge in [-0.15, -0.1) is 0 Å². The minimum Gasteiger partial charge on any atom is -0.481 e. The second kappa shape index (κ2) is 6.28. The molecule has 0 aromatic heterocycles. The van der Waals surface area contributed by atoms with Crippen LogP contribution in [0.3, 0.4) is 0 Å². The summed E-state index contributed by atoms with van der Waals surface area (Å²) in [6, 6.07) is 7.61. The summed E-state index contributed by atoms with van der Waals surface area (Å²) in [7, 11) is 0. The van der Waals surface area contributed by atoms with Crippen LogP contribution in [0.15, 0.2) is 24.3 Å². The van der Waals surface area contributed by atoms with Crippen molar-refractivity contribution >= 4 is 23.6 Å². The van der Waals surface area contributed by atoms with Gasteiger partial charge in [0, 0.05) is 38.3 Å². The number of amides is 3. The van der Waals surface area contributed by atoms with Crippen molar-refractivity contribution in [1.82, 2.24) is 10.2 Å². The number of nitrogens with zero attached hydrogens (tertiary/aromatic N) is 2. The number of fused-ring (bicyclic) bond motifs is 1. The topological polar surface area (TPSA) is 90.0 Å². The van der Waals surface area contributed by atoms with Crippen LogP contribution in [0.25, 0.3) is 0 Å². The van der Waals surface area contributed by atoms with Gasteiger partial charge in [-0.25, -0.2) is 4.79 Å². The highest BCUT2D eigenvalue weighted by molar-refractivity contribution is 5.94. The average molecular weight is 317 g/mol. The van der Waals surface area contributed by atoms with Crippen LogP contribution < -0.4 is 10.2 Å². The van der Waals surface area contributed by atoms with Gasteiger partial charge in [0.2, 0.25) is 5.91 Å². The normalized spacial score (nSPS) is 19.8. The number of urea groups is 1. The summed E-state index contributed by atoms with van der Waals surface area (Å²) in [5.74, 6) is -1.75. The first-order valence-electron chi connectivity index (χ1n) is 7.70. The van der Waals surface area contributed by atoms with Gasteiger partial charge >= 0.3 is 12.0 Å². The van der Waals surface area contributed by atoms with Crippen molar-refractivity contribution in [2.75, 3.05) is 31.1 Å². The van der Waals surface area contributed by atoms with Gasteiger partial charge in [0.25, 0.3) is 0 Å². The molecule has 2 aliphatic rings. The molecule has 0 bridgehead atoms. The largest absolute Gasteiger partial charge is 0.481 e. The number of likely N-dealkylation sites (tertiary alicyclic amines) is 1. The maximum atomic E-state index is 12.3. The molecule has 3 amide bonds. The van der Waals surface area contributed by atoms with E-state index in [1.165, 1.54) is 4.90 Å². The fourth-order valence-corrected chi connectivity index (χ4v) is 3.10. The number of hydrogen-bond acceptors (Lipinski definition) is 3. The smallest absolute Gasteiger partial charge is 0.321 e. The number of carboxylic acids is 1. The van der Waals surface area contributed by atoms with Crippen molar-refractivity contribution in [3.05, 3.63) is 29.8 Å². The lowest BCUT2D eigenvalue weighted by Crippen LogP contribution is -2.43. The van der Waals surface area contributed by atoms with Gasteiger partial charge in [0.1, 0.15) is 0 Å². The number of aliphatic carboxylic acids is 1. The number of nitrogens with one attached hydrogen (secondary N) is 1. The van der Waals surface area contributed by atoms with E-state index in [1.54, 1.807) is 4.90 Å². The van der Waals surface area contributed by atoms with Crippen molar-refractivity contribution in [1.29, 1.82) is 0 Å². The molecule has 0 radical (unpaired) electrons. The Morgan fingerprint density at radius 3 is 2.83 bits per heavy atom. The van der Waals surface area contributed by atoms with Gasteiger partial charge in [-0.1, -0.05) is 18.2 Å². The first kappa shape index (κ1) is 15.3. The summed E-state index contributed by atoms with van der Waals surface area (Å²) in [6.07, 6.45) is 0.886. The lowest BCUT2D eigenvalue weighted by atomic mass is 10.1. The van der Waals surface area contributed by atoms with E-state index < -0.39 is 11.9 Å². The van der Waals surface area contributed by atoms with E-state index in [-0.39, 0.29) is 24.9 Å². The van der Waals surface area contributed by atoms with E-state index in [2.05, 4.69) is 5.32 Å². The molecule has 2 N–H and O–H groups in total. The zero-order valence-corrected chi connectivity index (χ0v) is 12.7. The number of hydrogen-bond donors (Lipinski definition) is 2. The van der Waals surface area contributed by atoms with E-state index in [1.807, 2.05) is 24.3 Å². The molecule has 122 valence electrons. The van der Waals surface area contributed by atoms with Crippen molar-refractivity contribution in [3.63, 3.8) is 0 Å². The minimum atomic E-state index is -0.946. The molecule has 1 fully saturated rings. The third kappa shape index (κ3) is 3.13. The number of anilines is 1. The summed E-state index contributed by atoms with van der Waals surface area (Å²) in [6.45, 7) is 1.52. The number of carboxylic acid groups (broad SMARTS) is 1. The number of carbonyl (C=O) groups is 3. The summed E-state index contributed by atoms with van der Waals surface area (Å²) in [4.78, 5) is 38.1. The highest BCUT2D eigenvalue weighted by Gasteiger charge is 2.34. The molecule has 0 saturated carbocycles. The molecule has 1 saturated heterocycles. The summed E-state index contributed by atoms with van der Waals surface area (Å²) in [5.41, 5.74) is 2.08. The Morgan fingerprint density at radius 1 is 1.30 bits per heavy atom. The number of para-hydroxylation sites is 1. The molecule has 7 nitrogen and oxygen atoms in total. The standard InChI is InChI=1S/C16H19N3O4/c20-14-9-12(15(21)22)10-18(14)8-6-17-16(23)19-7-5-11-3-1-2-4-13(11)19/h1-4,12H,5-10H2,(H,17,23)(H,21,22). The Labute approximate surface area is 133 Å². The Morgan fingerprint density at radius 2 is 2.09 bits per heavy atom. The highest BCUT2D eigenvalue weighted by atomic mass is 16.4. The van der Waals surface area contributed by atoms with Gasteiger partial charge in [0.15, 0.2) is 0 Å². The van der Waals surface area contributed by atoms with Crippen LogP contribution in [0, 0.1) is 5.92 Å². The van der Waals surface area contributed by atoms with Gasteiger partial charge in [-0.05, 0) is 18.1 Å². The van der Waals surface area contributed by atoms with Crippen LogP contribution in [0.4, 0.5) is 10.5 Å². The van der Waals surface area contributed by atoms with Gasteiger partial charge in [0.05, 0.1) is 5.92 Å². The lowest BCUT2D eigenvalue weighted by Gasteiger charge is -2.20. The lowest BCUT2D eigenvalue weighted by molar-refractivity contribution is -0.141. The molecule has 3 rings (SSSR count). The fourth-order valence-electron chi connectivity index (χ4n) is 3.10. The Bertz CT molecular complexity index is 646. The minimum absolute atomic E-state index is 0.0444. The second-order valence-electron chi connectivity index (χ2n) is 5.84. The Hall–Kier alpha value is -2.57. The third-order valence-corrected chi connectivity index (χ3v) is 4.35. The Kier molecular flexibility index (Phi) is 4.18. The molecule has 1 aromatic carbocycles. The van der Waals surface area contributed by atoms with Gasteiger partial charge < -0.3 is 15.3 Å². The molecule has 7 heteroatoms. The van der Waals surface area contributed by atoms with Crippen LogP contribution in [0.2, 0.25) is 0 Å². The molecule has 1 unspecified atom stereocenters. The van der Waals surface area contributed by atoms with Crippen LogP contribution in [-0.4, -0.2) is 54.1 Å². The molecule has 0 aliphatic carbocycles. The SMILES string of the molecule is O=C(O)C1CC(=O)N(CCNC(=O)N2CCc3ccccc32)C1. The van der Waals surface area contributed by atoms with E-state index in [0.29, 0.717) is 19.6 Å². The maximum absolute atomic E-state index is 12.3. The molecule has 1 atom stereocenters. The first-order valence-corrected chi connectivity index (χ1v) is 7.70. The van der Waals surface area contributed by atoms with Gasteiger partial charge in [-0.3, -0.25) is 14.5 Å². The molecule has 1 aromatic rings. The average Bonchev–Trinajstić information content (AvgIpc) is 3.11. The fraction of sp³-hybridized carbons (Fsp3) is 0.438. The van der Waals surface area contributed by atoms with Crippen molar-refractivity contribution in [2.24, 2.45) is 5.92 Å². The number of carbonyl (C=O) groups excluding carboxylic acids is 2. The summed E-state index contributed by atoms with van der Waals surface area (Å²) >= 11 is 0. The Balaban J connectivity index is 1.49. The first-order chi connectivity index (χ1) is 11.1. The quantitative estimate of drug-likeness (QED) is 0.855. The highest BCUT2D eigenvalue weighted by Crippen LogP contribution is 2.27. The monoisotopic (exact) mass is 317 g/mol. The molecular formula is C16H19N3O4. The third-order valence-electron chi connectivity index (χ3n) is 4.35. The van der Waals surface area contributed by atoms with E-state index >= 15 is 0 Å². The van der Waals surface area contributed by atoms with E-state index in [4.69, 9.17) is 5.11 Å². The second-order valence-corrected chi connectivity index (χ2v) is 5.84. The van der Waals surface area contributed by atoms with Crippen LogP contribution in [-0.2, 0) is 16.0 Å². The summed E-state index contributed by atoms with van der Waals surface area (Å²) < 4.78 is 0. The van der Waals surface area contributed by atoms with Crippen LogP contribution in [0.5, 0.6) is 0 Å². The molecule has 0 spiro atoms. The van der Waals surface area contributed by atoms with Crippen LogP contribution >= 0.6 is 0 Å². The molecule has 2 heterocycles. The molecule has 2 aliphatic heterocycles. The van der Waals surface area contributed by atoms with Crippen molar-refractivity contribution in [3.8, 4) is 0 Å². The van der Waals surface area contributed by atoms with Crippen LogP contribution in [0.1, 0.15) is 12.0 Å². The number of rotatable bonds is 4.